The standard InChI is InChI=1S/C15H12FN3O2/c16-11-5-2-1-4-10(11)9-19-15(20)12(17)8-13(18-19)14-6-3-7-21-14/h1-8H,9,17H2. The lowest BCUT2D eigenvalue weighted by Gasteiger charge is -2.08. The maximum Gasteiger partial charge on any atom is 0.290 e. The van der Waals surface area contributed by atoms with Gasteiger partial charge in [-0.05, 0) is 24.3 Å². The molecular weight excluding hydrogens is 273 g/mol. The van der Waals surface area contributed by atoms with E-state index in [1.54, 1.807) is 30.3 Å². The zero-order valence-electron chi connectivity index (χ0n) is 11.0. The van der Waals surface area contributed by atoms with Crippen molar-refractivity contribution in [1.29, 1.82) is 0 Å². The molecule has 2 aromatic heterocycles. The number of hydrogen-bond donors (Lipinski definition) is 1. The number of anilines is 1. The quantitative estimate of drug-likeness (QED) is 0.801. The van der Waals surface area contributed by atoms with Gasteiger partial charge in [-0.3, -0.25) is 4.79 Å². The van der Waals surface area contributed by atoms with Crippen LogP contribution in [0.25, 0.3) is 11.5 Å². The molecule has 3 rings (SSSR count). The molecule has 0 bridgehead atoms. The van der Waals surface area contributed by atoms with Gasteiger partial charge >= 0.3 is 0 Å². The van der Waals surface area contributed by atoms with Crippen LogP contribution in [-0.2, 0) is 6.54 Å². The summed E-state index contributed by atoms with van der Waals surface area (Å²) in [6.45, 7) is 0.00422. The van der Waals surface area contributed by atoms with Crippen molar-refractivity contribution in [2.75, 3.05) is 5.73 Å². The van der Waals surface area contributed by atoms with Gasteiger partial charge in [-0.15, -0.1) is 0 Å². The Balaban J connectivity index is 2.06. The number of aromatic nitrogens is 2. The molecule has 0 saturated carbocycles. The highest BCUT2D eigenvalue weighted by Crippen LogP contribution is 2.18. The van der Waals surface area contributed by atoms with Gasteiger partial charge in [-0.1, -0.05) is 18.2 Å². The molecule has 1 aromatic carbocycles. The molecule has 2 heterocycles. The molecule has 0 unspecified atom stereocenters. The summed E-state index contributed by atoms with van der Waals surface area (Å²) in [4.78, 5) is 12.0. The highest BCUT2D eigenvalue weighted by Gasteiger charge is 2.11. The molecule has 0 radical (unpaired) electrons. The summed E-state index contributed by atoms with van der Waals surface area (Å²) in [5.74, 6) is 0.0946. The van der Waals surface area contributed by atoms with Crippen molar-refractivity contribution >= 4 is 5.69 Å². The summed E-state index contributed by atoms with van der Waals surface area (Å²) in [6, 6.07) is 11.1. The predicted molar refractivity (Wildman–Crippen MR) is 76.1 cm³/mol. The van der Waals surface area contributed by atoms with E-state index in [2.05, 4.69) is 5.10 Å². The van der Waals surface area contributed by atoms with Crippen LogP contribution in [0.2, 0.25) is 0 Å². The summed E-state index contributed by atoms with van der Waals surface area (Å²) < 4.78 is 20.1. The van der Waals surface area contributed by atoms with E-state index in [4.69, 9.17) is 10.2 Å². The topological polar surface area (TPSA) is 74.0 Å². The maximum absolute atomic E-state index is 13.7. The average Bonchev–Trinajstić information content (AvgIpc) is 3.00. The smallest absolute Gasteiger partial charge is 0.290 e. The van der Waals surface area contributed by atoms with Crippen LogP contribution >= 0.6 is 0 Å². The molecule has 0 fully saturated rings. The van der Waals surface area contributed by atoms with Crippen molar-refractivity contribution in [3.05, 3.63) is 70.5 Å². The molecule has 0 aliphatic heterocycles. The highest BCUT2D eigenvalue weighted by atomic mass is 19.1. The van der Waals surface area contributed by atoms with Gasteiger partial charge in [0.05, 0.1) is 12.8 Å². The Bertz CT molecular complexity index is 825. The van der Waals surface area contributed by atoms with E-state index >= 15 is 0 Å². The van der Waals surface area contributed by atoms with E-state index in [1.807, 2.05) is 0 Å². The molecule has 0 aliphatic rings. The van der Waals surface area contributed by atoms with Gasteiger partial charge in [-0.25, -0.2) is 9.07 Å². The number of nitrogen functional groups attached to an aromatic ring is 1. The number of benzene rings is 1. The van der Waals surface area contributed by atoms with Crippen molar-refractivity contribution in [2.45, 2.75) is 6.54 Å². The fourth-order valence-corrected chi connectivity index (χ4v) is 2.00. The van der Waals surface area contributed by atoms with Crippen LogP contribution in [0.1, 0.15) is 5.56 Å². The first-order valence-electron chi connectivity index (χ1n) is 6.30. The summed E-state index contributed by atoms with van der Waals surface area (Å²) >= 11 is 0. The average molecular weight is 285 g/mol. The lowest BCUT2D eigenvalue weighted by Crippen LogP contribution is -2.26. The Labute approximate surface area is 119 Å². The van der Waals surface area contributed by atoms with Crippen LogP contribution in [0.5, 0.6) is 0 Å². The van der Waals surface area contributed by atoms with Gasteiger partial charge in [0.15, 0.2) is 5.76 Å². The predicted octanol–water partition coefficient (Wildman–Crippen LogP) is 2.27. The van der Waals surface area contributed by atoms with Gasteiger partial charge in [0.2, 0.25) is 0 Å². The molecule has 0 atom stereocenters. The first-order chi connectivity index (χ1) is 10.1. The Kier molecular flexibility index (Phi) is 3.27. The minimum atomic E-state index is -0.464. The lowest BCUT2D eigenvalue weighted by atomic mass is 10.2. The van der Waals surface area contributed by atoms with Crippen molar-refractivity contribution in [3.63, 3.8) is 0 Å². The van der Waals surface area contributed by atoms with Gasteiger partial charge in [0.25, 0.3) is 5.56 Å². The minimum absolute atomic E-state index is 0.00422. The third-order valence-corrected chi connectivity index (χ3v) is 3.05. The first-order valence-corrected chi connectivity index (χ1v) is 6.30. The Morgan fingerprint density at radius 2 is 2.05 bits per heavy atom. The molecule has 6 heteroatoms. The van der Waals surface area contributed by atoms with Crippen LogP contribution in [0.3, 0.4) is 0 Å². The Morgan fingerprint density at radius 3 is 2.76 bits per heavy atom. The molecule has 106 valence electrons. The number of nitrogens with zero attached hydrogens (tertiary/aromatic N) is 2. The van der Waals surface area contributed by atoms with Crippen LogP contribution < -0.4 is 11.3 Å². The fraction of sp³-hybridized carbons (Fsp3) is 0.0667. The van der Waals surface area contributed by atoms with E-state index in [1.165, 1.54) is 18.4 Å². The number of hydrogen-bond acceptors (Lipinski definition) is 4. The molecular formula is C15H12FN3O2. The van der Waals surface area contributed by atoms with E-state index in [0.717, 1.165) is 4.68 Å². The van der Waals surface area contributed by atoms with E-state index in [9.17, 15) is 9.18 Å². The fourth-order valence-electron chi connectivity index (χ4n) is 2.00. The Hall–Kier alpha value is -2.89. The van der Waals surface area contributed by atoms with Crippen molar-refractivity contribution in [3.8, 4) is 11.5 Å². The summed E-state index contributed by atoms with van der Waals surface area (Å²) in [6.07, 6.45) is 1.50. The minimum Gasteiger partial charge on any atom is -0.463 e. The normalized spacial score (nSPS) is 10.7. The van der Waals surface area contributed by atoms with Crippen molar-refractivity contribution in [1.82, 2.24) is 9.78 Å². The van der Waals surface area contributed by atoms with E-state index in [-0.39, 0.29) is 12.2 Å². The van der Waals surface area contributed by atoms with Gasteiger partial charge in [0, 0.05) is 5.56 Å². The Morgan fingerprint density at radius 1 is 1.24 bits per heavy atom. The van der Waals surface area contributed by atoms with Gasteiger partial charge in [0.1, 0.15) is 17.2 Å². The molecule has 5 nitrogen and oxygen atoms in total. The number of halogens is 1. The van der Waals surface area contributed by atoms with Crippen LogP contribution in [-0.4, -0.2) is 9.78 Å². The third-order valence-electron chi connectivity index (χ3n) is 3.05. The second kappa shape index (κ2) is 5.24. The summed E-state index contributed by atoms with van der Waals surface area (Å²) in [5.41, 5.74) is 6.07. The molecule has 3 aromatic rings. The molecule has 0 saturated heterocycles. The maximum atomic E-state index is 13.7. The largest absolute Gasteiger partial charge is 0.463 e. The molecule has 21 heavy (non-hydrogen) atoms. The van der Waals surface area contributed by atoms with Gasteiger partial charge < -0.3 is 10.2 Å². The zero-order valence-corrected chi connectivity index (χ0v) is 11.0. The summed E-state index contributed by atoms with van der Waals surface area (Å²) in [7, 11) is 0. The molecule has 2 N–H and O–H groups in total. The first kappa shape index (κ1) is 13.1. The SMILES string of the molecule is Nc1cc(-c2ccco2)nn(Cc2ccccc2F)c1=O. The molecule has 0 spiro atoms. The zero-order chi connectivity index (χ0) is 14.8. The second-order valence-electron chi connectivity index (χ2n) is 4.52. The number of rotatable bonds is 3. The van der Waals surface area contributed by atoms with E-state index in [0.29, 0.717) is 17.0 Å². The monoisotopic (exact) mass is 285 g/mol. The third kappa shape index (κ3) is 2.55. The van der Waals surface area contributed by atoms with Crippen LogP contribution in [0.4, 0.5) is 10.1 Å². The summed E-state index contributed by atoms with van der Waals surface area (Å²) in [5, 5.41) is 4.18. The van der Waals surface area contributed by atoms with Crippen molar-refractivity contribution in [2.24, 2.45) is 0 Å². The van der Waals surface area contributed by atoms with E-state index < -0.39 is 11.4 Å². The lowest BCUT2D eigenvalue weighted by molar-refractivity contribution is 0.559. The second-order valence-corrected chi connectivity index (χ2v) is 4.52. The van der Waals surface area contributed by atoms with Gasteiger partial charge in [-0.2, -0.15) is 5.10 Å². The molecule has 0 amide bonds. The highest BCUT2D eigenvalue weighted by molar-refractivity contribution is 5.56. The number of nitrogens with two attached hydrogens (primary N) is 1. The van der Waals surface area contributed by atoms with Crippen molar-refractivity contribution < 1.29 is 8.81 Å². The van der Waals surface area contributed by atoms with Crippen LogP contribution in [0.15, 0.2) is 57.9 Å². The molecule has 0 aliphatic carbocycles. The van der Waals surface area contributed by atoms with Crippen LogP contribution in [0, 0.1) is 5.82 Å². The number of furan rings is 1.